The van der Waals surface area contributed by atoms with Gasteiger partial charge in [-0.25, -0.2) is 0 Å². The first-order valence-electron chi connectivity index (χ1n) is 11.0. The van der Waals surface area contributed by atoms with Gasteiger partial charge in [0.25, 0.3) is 5.91 Å². The van der Waals surface area contributed by atoms with Crippen LogP contribution in [0.5, 0.6) is 0 Å². The summed E-state index contributed by atoms with van der Waals surface area (Å²) in [7, 11) is 0. The molecule has 10 heteroatoms. The van der Waals surface area contributed by atoms with Crippen LogP contribution in [0.1, 0.15) is 28.8 Å². The summed E-state index contributed by atoms with van der Waals surface area (Å²) in [6.45, 7) is 2.78. The highest BCUT2D eigenvalue weighted by molar-refractivity contribution is 6.30. The van der Waals surface area contributed by atoms with Crippen molar-refractivity contribution in [3.05, 3.63) is 64.7 Å². The molecule has 0 atom stereocenters. The van der Waals surface area contributed by atoms with Crippen LogP contribution in [0, 0.1) is 0 Å². The lowest BCUT2D eigenvalue weighted by Gasteiger charge is -2.47. The van der Waals surface area contributed by atoms with E-state index in [0.717, 1.165) is 12.1 Å². The fourth-order valence-corrected chi connectivity index (χ4v) is 4.62. The Bertz CT molecular complexity index is 1040. The van der Waals surface area contributed by atoms with Crippen LogP contribution < -0.4 is 5.32 Å². The van der Waals surface area contributed by atoms with Crippen LogP contribution in [0.3, 0.4) is 0 Å². The fourth-order valence-electron chi connectivity index (χ4n) is 4.43. The van der Waals surface area contributed by atoms with Crippen molar-refractivity contribution < 1.29 is 27.5 Å². The van der Waals surface area contributed by atoms with Gasteiger partial charge in [-0.1, -0.05) is 17.7 Å². The average Bonchev–Trinajstić information content (AvgIpc) is 2.79. The lowest BCUT2D eigenvalue weighted by Crippen LogP contribution is -2.58. The molecule has 0 unspecified atom stereocenters. The van der Waals surface area contributed by atoms with Gasteiger partial charge < -0.3 is 15.0 Å². The summed E-state index contributed by atoms with van der Waals surface area (Å²) in [6, 6.07) is 11.2. The van der Waals surface area contributed by atoms with Gasteiger partial charge in [0, 0.05) is 42.5 Å². The van der Waals surface area contributed by atoms with E-state index >= 15 is 0 Å². The Kier molecular flexibility index (Phi) is 7.16. The van der Waals surface area contributed by atoms with Crippen LogP contribution in [0.4, 0.5) is 18.9 Å². The largest absolute Gasteiger partial charge is 0.416 e. The van der Waals surface area contributed by atoms with Crippen LogP contribution >= 0.6 is 11.6 Å². The third-order valence-corrected chi connectivity index (χ3v) is 6.46. The minimum atomic E-state index is -4.42. The molecule has 2 aromatic rings. The molecule has 1 spiro atoms. The van der Waals surface area contributed by atoms with Gasteiger partial charge in [0.2, 0.25) is 5.91 Å². The number of hydrogen-bond acceptors (Lipinski definition) is 4. The standard InChI is InChI=1S/C24H25ClF3N3O3/c25-19-3-1-2-17(14-19)22(33)31-10-8-23(9-11-31)16-30(12-13-34-23)15-21(32)29-20-6-4-18(5-7-20)24(26,27)28/h1-7,14H,8-13,15-16H2,(H,29,32). The van der Waals surface area contributed by atoms with Crippen LogP contribution in [-0.4, -0.2) is 66.5 Å². The van der Waals surface area contributed by atoms with E-state index in [9.17, 15) is 22.8 Å². The number of likely N-dealkylation sites (tertiary alicyclic amines) is 1. The van der Waals surface area contributed by atoms with Gasteiger partial charge >= 0.3 is 6.18 Å². The Morgan fingerprint density at radius 2 is 1.76 bits per heavy atom. The minimum absolute atomic E-state index is 0.0686. The van der Waals surface area contributed by atoms with E-state index < -0.39 is 17.3 Å². The maximum atomic E-state index is 12.8. The smallest absolute Gasteiger partial charge is 0.372 e. The maximum Gasteiger partial charge on any atom is 0.416 e. The van der Waals surface area contributed by atoms with Gasteiger partial charge in [-0.05, 0) is 55.3 Å². The SMILES string of the molecule is O=C(CN1CCOC2(CCN(C(=O)c3cccc(Cl)c3)CC2)C1)Nc1ccc(C(F)(F)F)cc1. The Morgan fingerprint density at radius 3 is 2.41 bits per heavy atom. The van der Waals surface area contributed by atoms with E-state index in [4.69, 9.17) is 16.3 Å². The molecule has 34 heavy (non-hydrogen) atoms. The average molecular weight is 496 g/mol. The molecule has 182 valence electrons. The number of halogens is 4. The second-order valence-electron chi connectivity index (χ2n) is 8.67. The molecule has 2 aliphatic heterocycles. The number of rotatable bonds is 4. The third kappa shape index (κ3) is 5.89. The van der Waals surface area contributed by atoms with E-state index in [0.29, 0.717) is 61.9 Å². The highest BCUT2D eigenvalue weighted by Crippen LogP contribution is 2.32. The van der Waals surface area contributed by atoms with Crippen molar-refractivity contribution in [2.45, 2.75) is 24.6 Å². The topological polar surface area (TPSA) is 61.9 Å². The molecule has 0 bridgehead atoms. The van der Waals surface area contributed by atoms with Crippen molar-refractivity contribution in [1.29, 1.82) is 0 Å². The zero-order chi connectivity index (χ0) is 24.3. The Hall–Kier alpha value is -2.62. The van der Waals surface area contributed by atoms with Crippen molar-refractivity contribution in [3.63, 3.8) is 0 Å². The van der Waals surface area contributed by atoms with E-state index in [2.05, 4.69) is 5.32 Å². The van der Waals surface area contributed by atoms with Gasteiger partial charge in [0.05, 0.1) is 24.3 Å². The second-order valence-corrected chi connectivity index (χ2v) is 9.10. The molecule has 6 nitrogen and oxygen atoms in total. The summed E-state index contributed by atoms with van der Waals surface area (Å²) < 4.78 is 44.2. The second kappa shape index (κ2) is 9.93. The number of alkyl halides is 3. The molecular weight excluding hydrogens is 471 g/mol. The zero-order valence-electron chi connectivity index (χ0n) is 18.4. The Morgan fingerprint density at radius 1 is 1.06 bits per heavy atom. The predicted molar refractivity (Wildman–Crippen MR) is 122 cm³/mol. The molecule has 2 amide bonds. The molecule has 2 aliphatic rings. The number of piperidine rings is 1. The molecular formula is C24H25ClF3N3O3. The molecule has 2 heterocycles. The first-order chi connectivity index (χ1) is 16.1. The summed E-state index contributed by atoms with van der Waals surface area (Å²) >= 11 is 6.00. The Labute approximate surface area is 200 Å². The van der Waals surface area contributed by atoms with Gasteiger partial charge in [0.1, 0.15) is 0 Å². The molecule has 2 fully saturated rings. The zero-order valence-corrected chi connectivity index (χ0v) is 19.2. The van der Waals surface area contributed by atoms with E-state index in [-0.39, 0.29) is 18.4 Å². The van der Waals surface area contributed by atoms with Crippen molar-refractivity contribution in [2.24, 2.45) is 0 Å². The Balaban J connectivity index is 1.29. The summed E-state index contributed by atoms with van der Waals surface area (Å²) in [6.07, 6.45) is -3.12. The molecule has 0 aromatic heterocycles. The maximum absolute atomic E-state index is 12.8. The number of ether oxygens (including phenoxy) is 1. The van der Waals surface area contributed by atoms with Crippen LogP contribution in [0.15, 0.2) is 48.5 Å². The number of nitrogens with one attached hydrogen (secondary N) is 1. The minimum Gasteiger partial charge on any atom is -0.372 e. The molecule has 0 saturated carbocycles. The summed E-state index contributed by atoms with van der Waals surface area (Å²) in [4.78, 5) is 29.0. The van der Waals surface area contributed by atoms with E-state index in [1.54, 1.807) is 29.2 Å². The normalized spacial score (nSPS) is 18.6. The number of amides is 2. The number of morpholine rings is 1. The molecule has 0 radical (unpaired) electrons. The van der Waals surface area contributed by atoms with Crippen LogP contribution in [-0.2, 0) is 15.7 Å². The summed E-state index contributed by atoms with van der Waals surface area (Å²) in [5.41, 5.74) is -0.331. The molecule has 1 N–H and O–H groups in total. The van der Waals surface area contributed by atoms with E-state index in [1.165, 1.54) is 12.1 Å². The van der Waals surface area contributed by atoms with E-state index in [1.807, 2.05) is 4.90 Å². The third-order valence-electron chi connectivity index (χ3n) is 6.22. The molecule has 2 aromatic carbocycles. The molecule has 4 rings (SSSR count). The van der Waals surface area contributed by atoms with Crippen molar-refractivity contribution >= 4 is 29.1 Å². The predicted octanol–water partition coefficient (Wildman–Crippen LogP) is 4.30. The van der Waals surface area contributed by atoms with Gasteiger partial charge in [-0.3, -0.25) is 14.5 Å². The number of anilines is 1. The van der Waals surface area contributed by atoms with Crippen molar-refractivity contribution in [3.8, 4) is 0 Å². The highest BCUT2D eigenvalue weighted by Gasteiger charge is 2.41. The van der Waals surface area contributed by atoms with Crippen molar-refractivity contribution in [1.82, 2.24) is 9.80 Å². The van der Waals surface area contributed by atoms with Gasteiger partial charge in [0.15, 0.2) is 0 Å². The lowest BCUT2D eigenvalue weighted by molar-refractivity contribution is -0.139. The quantitative estimate of drug-likeness (QED) is 0.687. The number of nitrogens with zero attached hydrogens (tertiary/aromatic N) is 2. The number of carbonyl (C=O) groups is 2. The summed E-state index contributed by atoms with van der Waals surface area (Å²) in [5, 5.41) is 3.17. The highest BCUT2D eigenvalue weighted by atomic mass is 35.5. The first-order valence-corrected chi connectivity index (χ1v) is 11.4. The van der Waals surface area contributed by atoms with Gasteiger partial charge in [-0.15, -0.1) is 0 Å². The fraction of sp³-hybridized carbons (Fsp3) is 0.417. The monoisotopic (exact) mass is 495 g/mol. The number of benzene rings is 2. The van der Waals surface area contributed by atoms with Crippen molar-refractivity contribution in [2.75, 3.05) is 44.6 Å². The van der Waals surface area contributed by atoms with Crippen LogP contribution in [0.25, 0.3) is 0 Å². The number of carbonyl (C=O) groups excluding carboxylic acids is 2. The van der Waals surface area contributed by atoms with Gasteiger partial charge in [-0.2, -0.15) is 13.2 Å². The van der Waals surface area contributed by atoms with Crippen LogP contribution in [0.2, 0.25) is 5.02 Å². The molecule has 0 aliphatic carbocycles. The molecule has 2 saturated heterocycles. The lowest BCUT2D eigenvalue weighted by atomic mass is 9.89. The first kappa shape index (κ1) is 24.5. The summed E-state index contributed by atoms with van der Waals surface area (Å²) in [5.74, 6) is -0.369. The number of hydrogen-bond donors (Lipinski definition) is 1.